The average Bonchev–Trinajstić information content (AvgIpc) is 3.33. The number of halogens is 2. The monoisotopic (exact) mass is 393 g/mol. The van der Waals surface area contributed by atoms with E-state index in [-0.39, 0.29) is 9.92 Å². The van der Waals surface area contributed by atoms with E-state index in [0.29, 0.717) is 42.4 Å². The summed E-state index contributed by atoms with van der Waals surface area (Å²) in [5.41, 5.74) is 0. The molecule has 0 spiro atoms. The minimum atomic E-state index is -3.65. The first kappa shape index (κ1) is 17.2. The zero-order valence-electron chi connectivity index (χ0n) is 12.3. The molecule has 1 aliphatic carbocycles. The van der Waals surface area contributed by atoms with Gasteiger partial charge in [0.05, 0.1) is 5.02 Å². The van der Waals surface area contributed by atoms with Gasteiger partial charge in [0.15, 0.2) is 5.11 Å². The third-order valence-corrected chi connectivity index (χ3v) is 6.93. The van der Waals surface area contributed by atoms with Crippen molar-refractivity contribution in [2.45, 2.75) is 23.8 Å². The molecule has 2 aliphatic rings. The molecule has 23 heavy (non-hydrogen) atoms. The van der Waals surface area contributed by atoms with E-state index in [1.54, 1.807) is 6.07 Å². The van der Waals surface area contributed by atoms with Crippen LogP contribution in [0.1, 0.15) is 12.8 Å². The molecule has 0 radical (unpaired) electrons. The molecule has 1 saturated heterocycles. The van der Waals surface area contributed by atoms with Gasteiger partial charge in [-0.2, -0.15) is 4.31 Å². The second-order valence-electron chi connectivity index (χ2n) is 5.69. The summed E-state index contributed by atoms with van der Waals surface area (Å²) in [6, 6.07) is 4.96. The molecular weight excluding hydrogens is 377 g/mol. The molecule has 9 heteroatoms. The number of thiocarbonyl (C=S) groups is 1. The maximum atomic E-state index is 12.7. The molecule has 5 nitrogen and oxygen atoms in total. The van der Waals surface area contributed by atoms with Gasteiger partial charge in [-0.25, -0.2) is 8.42 Å². The Morgan fingerprint density at radius 2 is 1.83 bits per heavy atom. The average molecular weight is 394 g/mol. The Balaban J connectivity index is 1.68. The van der Waals surface area contributed by atoms with Crippen molar-refractivity contribution in [3.8, 4) is 0 Å². The Morgan fingerprint density at radius 3 is 2.43 bits per heavy atom. The van der Waals surface area contributed by atoms with E-state index in [4.69, 9.17) is 35.4 Å². The summed E-state index contributed by atoms with van der Waals surface area (Å²) in [7, 11) is -3.65. The highest BCUT2D eigenvalue weighted by Gasteiger charge is 2.32. The Bertz CT molecular complexity index is 715. The molecule has 0 bridgehead atoms. The van der Waals surface area contributed by atoms with Gasteiger partial charge in [-0.05, 0) is 43.3 Å². The first-order valence-electron chi connectivity index (χ1n) is 7.38. The fourth-order valence-electron chi connectivity index (χ4n) is 2.44. The van der Waals surface area contributed by atoms with Gasteiger partial charge in [-0.15, -0.1) is 0 Å². The van der Waals surface area contributed by atoms with Crippen molar-refractivity contribution in [1.82, 2.24) is 14.5 Å². The molecule has 2 fully saturated rings. The largest absolute Gasteiger partial charge is 0.360 e. The highest BCUT2D eigenvalue weighted by atomic mass is 35.5. The van der Waals surface area contributed by atoms with Gasteiger partial charge < -0.3 is 10.2 Å². The molecule has 3 rings (SSSR count). The number of piperazine rings is 1. The standard InChI is InChI=1S/C14H17Cl2N3O2S2/c15-10-1-4-12(16)13(9-10)23(20,21)19-7-5-18(6-8-19)14(22)17-11-2-3-11/h1,4,9,11H,2-3,5-8H2,(H,17,22). The fourth-order valence-corrected chi connectivity index (χ4v) is 4.95. The second-order valence-corrected chi connectivity index (χ2v) is 8.83. The van der Waals surface area contributed by atoms with Gasteiger partial charge in [-0.3, -0.25) is 0 Å². The lowest BCUT2D eigenvalue weighted by atomic mass is 10.4. The summed E-state index contributed by atoms with van der Waals surface area (Å²) >= 11 is 17.3. The second kappa shape index (κ2) is 6.72. The van der Waals surface area contributed by atoms with Gasteiger partial charge in [-0.1, -0.05) is 23.2 Å². The van der Waals surface area contributed by atoms with Crippen LogP contribution in [0.25, 0.3) is 0 Å². The van der Waals surface area contributed by atoms with E-state index < -0.39 is 10.0 Å². The summed E-state index contributed by atoms with van der Waals surface area (Å²) in [4.78, 5) is 2.07. The molecule has 126 valence electrons. The summed E-state index contributed by atoms with van der Waals surface area (Å²) in [6.45, 7) is 1.88. The molecule has 0 amide bonds. The molecule has 1 aromatic carbocycles. The maximum Gasteiger partial charge on any atom is 0.244 e. The van der Waals surface area contributed by atoms with E-state index in [2.05, 4.69) is 5.32 Å². The highest BCUT2D eigenvalue weighted by Crippen LogP contribution is 2.28. The lowest BCUT2D eigenvalue weighted by molar-refractivity contribution is 0.264. The van der Waals surface area contributed by atoms with E-state index in [0.717, 1.165) is 12.8 Å². The first-order valence-corrected chi connectivity index (χ1v) is 9.99. The number of hydrogen-bond donors (Lipinski definition) is 1. The first-order chi connectivity index (χ1) is 10.9. The SMILES string of the molecule is O=S(=O)(c1cc(Cl)ccc1Cl)N1CCN(C(=S)NC2CC2)CC1. The maximum absolute atomic E-state index is 12.7. The summed E-state index contributed by atoms with van der Waals surface area (Å²) < 4.78 is 26.9. The lowest BCUT2D eigenvalue weighted by Gasteiger charge is -2.35. The van der Waals surface area contributed by atoms with Crippen LogP contribution in [0.15, 0.2) is 23.1 Å². The molecule has 1 saturated carbocycles. The topological polar surface area (TPSA) is 52.7 Å². The summed E-state index contributed by atoms with van der Waals surface area (Å²) in [6.07, 6.45) is 2.31. The molecule has 0 atom stereocenters. The predicted octanol–water partition coefficient (Wildman–Crippen LogP) is 2.34. The van der Waals surface area contributed by atoms with E-state index in [1.807, 2.05) is 4.90 Å². The minimum Gasteiger partial charge on any atom is -0.360 e. The van der Waals surface area contributed by atoms with Gasteiger partial charge in [0.1, 0.15) is 4.90 Å². The Kier molecular flexibility index (Phi) is 5.04. The van der Waals surface area contributed by atoms with Crippen molar-refractivity contribution in [3.05, 3.63) is 28.2 Å². The molecule has 1 N–H and O–H groups in total. The van der Waals surface area contributed by atoms with E-state index >= 15 is 0 Å². The van der Waals surface area contributed by atoms with Crippen molar-refractivity contribution in [2.24, 2.45) is 0 Å². The van der Waals surface area contributed by atoms with Crippen molar-refractivity contribution in [1.29, 1.82) is 0 Å². The van der Waals surface area contributed by atoms with Crippen LogP contribution in [-0.4, -0.2) is 55.0 Å². The molecule has 0 unspecified atom stereocenters. The zero-order chi connectivity index (χ0) is 16.6. The van der Waals surface area contributed by atoms with Crippen LogP contribution in [0.4, 0.5) is 0 Å². The molecular formula is C14H17Cl2N3O2S2. The Morgan fingerprint density at radius 1 is 1.17 bits per heavy atom. The number of sulfonamides is 1. The van der Waals surface area contributed by atoms with Crippen LogP contribution in [-0.2, 0) is 10.0 Å². The van der Waals surface area contributed by atoms with Crippen LogP contribution in [0.2, 0.25) is 10.0 Å². The number of nitrogens with zero attached hydrogens (tertiary/aromatic N) is 2. The van der Waals surface area contributed by atoms with Crippen LogP contribution in [0.5, 0.6) is 0 Å². The quantitative estimate of drug-likeness (QED) is 0.798. The van der Waals surface area contributed by atoms with Crippen molar-refractivity contribution in [3.63, 3.8) is 0 Å². The number of hydrogen-bond acceptors (Lipinski definition) is 3. The van der Waals surface area contributed by atoms with Gasteiger partial charge in [0, 0.05) is 37.2 Å². The Hall–Kier alpha value is -0.600. The molecule has 1 aromatic rings. The van der Waals surface area contributed by atoms with Crippen molar-refractivity contribution >= 4 is 50.6 Å². The van der Waals surface area contributed by atoms with Crippen LogP contribution in [0.3, 0.4) is 0 Å². The fraction of sp³-hybridized carbons (Fsp3) is 0.500. The van der Waals surface area contributed by atoms with Crippen LogP contribution < -0.4 is 5.32 Å². The van der Waals surface area contributed by atoms with Gasteiger partial charge in [0.25, 0.3) is 0 Å². The smallest absolute Gasteiger partial charge is 0.244 e. The number of nitrogens with one attached hydrogen (secondary N) is 1. The van der Waals surface area contributed by atoms with E-state index in [9.17, 15) is 8.42 Å². The normalized spacial score (nSPS) is 19.7. The third-order valence-electron chi connectivity index (χ3n) is 3.94. The Labute approximate surface area is 151 Å². The summed E-state index contributed by atoms with van der Waals surface area (Å²) in [5.74, 6) is 0. The van der Waals surface area contributed by atoms with Crippen molar-refractivity contribution in [2.75, 3.05) is 26.2 Å². The van der Waals surface area contributed by atoms with Gasteiger partial charge in [0.2, 0.25) is 10.0 Å². The third kappa shape index (κ3) is 3.91. The zero-order valence-corrected chi connectivity index (χ0v) is 15.5. The molecule has 0 aromatic heterocycles. The predicted molar refractivity (Wildman–Crippen MR) is 95.5 cm³/mol. The summed E-state index contributed by atoms with van der Waals surface area (Å²) in [5, 5.41) is 4.52. The molecule has 1 heterocycles. The van der Waals surface area contributed by atoms with Crippen LogP contribution in [0, 0.1) is 0 Å². The number of benzene rings is 1. The minimum absolute atomic E-state index is 0.0544. The van der Waals surface area contributed by atoms with Crippen molar-refractivity contribution < 1.29 is 8.42 Å². The highest BCUT2D eigenvalue weighted by molar-refractivity contribution is 7.89. The van der Waals surface area contributed by atoms with Crippen LogP contribution >= 0.6 is 35.4 Å². The lowest BCUT2D eigenvalue weighted by Crippen LogP contribution is -2.53. The number of rotatable bonds is 3. The van der Waals surface area contributed by atoms with Gasteiger partial charge >= 0.3 is 0 Å². The van der Waals surface area contributed by atoms with E-state index in [1.165, 1.54) is 16.4 Å². The molecule has 1 aliphatic heterocycles.